The summed E-state index contributed by atoms with van der Waals surface area (Å²) in [6, 6.07) is 2.99. The number of carbonyl (C=O) groups excluding carboxylic acids is 1. The number of hydrogen-bond donors (Lipinski definition) is 0. The zero-order valence-corrected chi connectivity index (χ0v) is 13.5. The van der Waals surface area contributed by atoms with Gasteiger partial charge in [-0.15, -0.1) is 0 Å². The van der Waals surface area contributed by atoms with Gasteiger partial charge < -0.3 is 9.80 Å². The van der Waals surface area contributed by atoms with Crippen LogP contribution in [0.1, 0.15) is 52.9 Å². The Labute approximate surface area is 123 Å². The molecule has 0 aromatic rings. The van der Waals surface area contributed by atoms with Gasteiger partial charge in [0, 0.05) is 32.1 Å². The monoisotopic (exact) mass is 279 g/mol. The zero-order valence-electron chi connectivity index (χ0n) is 13.5. The van der Waals surface area contributed by atoms with Crippen molar-refractivity contribution in [3.63, 3.8) is 0 Å². The van der Waals surface area contributed by atoms with E-state index in [-0.39, 0.29) is 11.3 Å². The van der Waals surface area contributed by atoms with Crippen LogP contribution in [0.25, 0.3) is 0 Å². The first-order valence-electron chi connectivity index (χ1n) is 7.99. The summed E-state index contributed by atoms with van der Waals surface area (Å²) in [6.45, 7) is 8.57. The van der Waals surface area contributed by atoms with Crippen molar-refractivity contribution in [3.05, 3.63) is 0 Å². The van der Waals surface area contributed by atoms with Crippen LogP contribution >= 0.6 is 0 Å². The molecule has 4 nitrogen and oxygen atoms in total. The summed E-state index contributed by atoms with van der Waals surface area (Å²) in [6.07, 6.45) is 4.81. The Morgan fingerprint density at radius 1 is 1.35 bits per heavy atom. The highest BCUT2D eigenvalue weighted by Crippen LogP contribution is 2.45. The van der Waals surface area contributed by atoms with E-state index >= 15 is 0 Å². The van der Waals surface area contributed by atoms with Crippen molar-refractivity contribution >= 4 is 5.91 Å². The third-order valence-corrected chi connectivity index (χ3v) is 4.39. The van der Waals surface area contributed by atoms with Crippen LogP contribution in [0.5, 0.6) is 0 Å². The zero-order chi connectivity index (χ0) is 15.2. The molecule has 1 aliphatic heterocycles. The lowest BCUT2D eigenvalue weighted by Crippen LogP contribution is -2.46. The molecule has 0 aromatic carbocycles. The normalized spacial score (nSPS) is 20.9. The number of rotatable bonds is 4. The van der Waals surface area contributed by atoms with Gasteiger partial charge in [-0.05, 0) is 32.7 Å². The first-order chi connectivity index (χ1) is 9.60. The second-order valence-electron chi connectivity index (χ2n) is 5.77. The molecule has 0 atom stereocenters. The van der Waals surface area contributed by atoms with Crippen LogP contribution in [0, 0.1) is 16.7 Å². The Kier molecular flexibility index (Phi) is 6.48. The van der Waals surface area contributed by atoms with Crippen molar-refractivity contribution in [2.45, 2.75) is 58.9 Å². The molecular formula is C16H29N3O. The number of carbonyl (C=O) groups is 1. The molecule has 1 heterocycles. The van der Waals surface area contributed by atoms with Gasteiger partial charge in [0.05, 0.1) is 11.5 Å². The number of amides is 1. The van der Waals surface area contributed by atoms with E-state index in [1.165, 1.54) is 0 Å². The fraction of sp³-hybridized carbons (Fsp3) is 0.875. The average molecular weight is 279 g/mol. The highest BCUT2D eigenvalue weighted by atomic mass is 16.2. The predicted octanol–water partition coefficient (Wildman–Crippen LogP) is 2.65. The van der Waals surface area contributed by atoms with E-state index in [2.05, 4.69) is 18.0 Å². The van der Waals surface area contributed by atoms with Gasteiger partial charge in [0.15, 0.2) is 0 Å². The molecule has 1 aliphatic carbocycles. The standard InChI is InChI=1S/C14H23N3O.C2H6/c1-3-13(18)17-8-4-12(5-9-17)16(2)11-14(10-15)6-7-14;1-2/h12H,3-9,11H2,1-2H3;1-2H3. The Balaban J connectivity index is 0.000000956. The molecule has 1 amide bonds. The van der Waals surface area contributed by atoms with E-state index in [1.807, 2.05) is 25.7 Å². The molecule has 1 saturated heterocycles. The summed E-state index contributed by atoms with van der Waals surface area (Å²) in [4.78, 5) is 15.9. The van der Waals surface area contributed by atoms with Gasteiger partial charge in [-0.1, -0.05) is 20.8 Å². The lowest BCUT2D eigenvalue weighted by Gasteiger charge is -2.37. The van der Waals surface area contributed by atoms with Gasteiger partial charge in [-0.2, -0.15) is 5.26 Å². The minimum atomic E-state index is -0.0505. The van der Waals surface area contributed by atoms with Crippen LogP contribution in [0.2, 0.25) is 0 Å². The maximum atomic E-state index is 11.6. The first kappa shape index (κ1) is 17.0. The van der Waals surface area contributed by atoms with Gasteiger partial charge in [-0.3, -0.25) is 4.79 Å². The number of likely N-dealkylation sites (tertiary alicyclic amines) is 1. The number of piperidine rings is 1. The van der Waals surface area contributed by atoms with Crippen molar-refractivity contribution in [3.8, 4) is 6.07 Å². The van der Waals surface area contributed by atoms with Crippen LogP contribution < -0.4 is 0 Å². The van der Waals surface area contributed by atoms with E-state index < -0.39 is 0 Å². The SMILES string of the molecule is CC.CCC(=O)N1CCC(N(C)CC2(C#N)CC2)CC1. The van der Waals surface area contributed by atoms with Crippen molar-refractivity contribution in [1.82, 2.24) is 9.80 Å². The Morgan fingerprint density at radius 2 is 1.90 bits per heavy atom. The summed E-state index contributed by atoms with van der Waals surface area (Å²) in [7, 11) is 2.12. The maximum Gasteiger partial charge on any atom is 0.222 e. The number of hydrogen-bond acceptors (Lipinski definition) is 3. The summed E-state index contributed by atoms with van der Waals surface area (Å²) < 4.78 is 0. The van der Waals surface area contributed by atoms with Crippen molar-refractivity contribution < 1.29 is 4.79 Å². The minimum Gasteiger partial charge on any atom is -0.343 e. The van der Waals surface area contributed by atoms with Crippen molar-refractivity contribution in [1.29, 1.82) is 5.26 Å². The molecule has 4 heteroatoms. The maximum absolute atomic E-state index is 11.6. The molecule has 0 unspecified atom stereocenters. The van der Waals surface area contributed by atoms with Crippen molar-refractivity contribution in [2.24, 2.45) is 5.41 Å². The number of nitriles is 1. The van der Waals surface area contributed by atoms with Crippen molar-refractivity contribution in [2.75, 3.05) is 26.7 Å². The third-order valence-electron chi connectivity index (χ3n) is 4.39. The summed E-state index contributed by atoms with van der Waals surface area (Å²) >= 11 is 0. The second kappa shape index (κ2) is 7.64. The van der Waals surface area contributed by atoms with E-state index in [4.69, 9.17) is 5.26 Å². The van der Waals surface area contributed by atoms with Gasteiger partial charge >= 0.3 is 0 Å². The highest BCUT2D eigenvalue weighted by molar-refractivity contribution is 5.75. The molecule has 2 rings (SSSR count). The fourth-order valence-corrected chi connectivity index (χ4v) is 2.84. The minimum absolute atomic E-state index is 0.0505. The topological polar surface area (TPSA) is 47.3 Å². The molecule has 0 bridgehead atoms. The second-order valence-corrected chi connectivity index (χ2v) is 5.77. The van der Waals surface area contributed by atoms with E-state index in [0.29, 0.717) is 12.5 Å². The lowest BCUT2D eigenvalue weighted by molar-refractivity contribution is -0.132. The van der Waals surface area contributed by atoms with Gasteiger partial charge in [0.2, 0.25) is 5.91 Å². The van der Waals surface area contributed by atoms with E-state index in [0.717, 1.165) is 45.3 Å². The molecule has 0 radical (unpaired) electrons. The molecule has 1 saturated carbocycles. The quantitative estimate of drug-likeness (QED) is 0.795. The summed E-state index contributed by atoms with van der Waals surface area (Å²) in [5.74, 6) is 0.270. The molecule has 20 heavy (non-hydrogen) atoms. The fourth-order valence-electron chi connectivity index (χ4n) is 2.84. The average Bonchev–Trinajstić information content (AvgIpc) is 3.28. The predicted molar refractivity (Wildman–Crippen MR) is 81.2 cm³/mol. The largest absolute Gasteiger partial charge is 0.343 e. The molecule has 0 spiro atoms. The van der Waals surface area contributed by atoms with E-state index in [9.17, 15) is 4.79 Å². The Hall–Kier alpha value is -1.08. The van der Waals surface area contributed by atoms with E-state index in [1.54, 1.807) is 0 Å². The van der Waals surface area contributed by atoms with Crippen LogP contribution in [0.15, 0.2) is 0 Å². The molecule has 0 aromatic heterocycles. The Morgan fingerprint density at radius 3 is 2.30 bits per heavy atom. The summed E-state index contributed by atoms with van der Waals surface area (Å²) in [5.41, 5.74) is -0.0505. The van der Waals surface area contributed by atoms with Crippen LogP contribution in [0.3, 0.4) is 0 Å². The van der Waals surface area contributed by atoms with Gasteiger partial charge in [-0.25, -0.2) is 0 Å². The van der Waals surface area contributed by atoms with Gasteiger partial charge in [0.25, 0.3) is 0 Å². The molecule has 2 fully saturated rings. The molecule has 2 aliphatic rings. The van der Waals surface area contributed by atoms with Crippen LogP contribution in [0.4, 0.5) is 0 Å². The Bertz CT molecular complexity index is 349. The van der Waals surface area contributed by atoms with Crippen LogP contribution in [-0.4, -0.2) is 48.4 Å². The molecule has 0 N–H and O–H groups in total. The highest BCUT2D eigenvalue weighted by Gasteiger charge is 2.44. The smallest absolute Gasteiger partial charge is 0.222 e. The summed E-state index contributed by atoms with van der Waals surface area (Å²) in [5, 5.41) is 9.12. The first-order valence-corrected chi connectivity index (χ1v) is 7.99. The number of nitrogens with zero attached hydrogens (tertiary/aromatic N) is 3. The third kappa shape index (κ3) is 4.21. The molecule has 114 valence electrons. The lowest BCUT2D eigenvalue weighted by atomic mass is 10.0. The molecular weight excluding hydrogens is 250 g/mol. The van der Waals surface area contributed by atoms with Crippen LogP contribution in [-0.2, 0) is 4.79 Å². The van der Waals surface area contributed by atoms with Gasteiger partial charge in [0.1, 0.15) is 0 Å².